The van der Waals surface area contributed by atoms with E-state index in [4.69, 9.17) is 5.11 Å². The largest absolute Gasteiger partial charge is 0.481 e. The first kappa shape index (κ1) is 12.2. The molecular formula is C10H18O2Si. The minimum Gasteiger partial charge on any atom is -0.481 e. The van der Waals surface area contributed by atoms with Gasteiger partial charge in [0, 0.05) is 6.42 Å². The van der Waals surface area contributed by atoms with Gasteiger partial charge in [0.1, 0.15) is 8.07 Å². The predicted octanol–water partition coefficient (Wildman–Crippen LogP) is 2.37. The first-order valence-electron chi connectivity index (χ1n) is 4.38. The molecule has 2 nitrogen and oxygen atoms in total. The van der Waals surface area contributed by atoms with Crippen LogP contribution in [-0.2, 0) is 4.79 Å². The molecule has 1 N–H and O–H groups in total. The van der Waals surface area contributed by atoms with E-state index in [1.54, 1.807) is 13.8 Å². The highest BCUT2D eigenvalue weighted by Crippen LogP contribution is 2.19. The Kier molecular flexibility index (Phi) is 3.74. The van der Waals surface area contributed by atoms with E-state index in [-0.39, 0.29) is 0 Å². The molecule has 0 amide bonds. The van der Waals surface area contributed by atoms with Gasteiger partial charge in [0.15, 0.2) is 0 Å². The summed E-state index contributed by atoms with van der Waals surface area (Å²) in [6, 6.07) is 0. The van der Waals surface area contributed by atoms with Crippen LogP contribution in [0.2, 0.25) is 19.6 Å². The lowest BCUT2D eigenvalue weighted by molar-refractivity contribution is -0.146. The molecular weight excluding hydrogens is 180 g/mol. The molecule has 0 rings (SSSR count). The maximum Gasteiger partial charge on any atom is 0.310 e. The molecule has 0 radical (unpaired) electrons. The van der Waals surface area contributed by atoms with E-state index in [0.29, 0.717) is 6.42 Å². The molecule has 0 bridgehead atoms. The van der Waals surface area contributed by atoms with Gasteiger partial charge in [-0.3, -0.25) is 4.79 Å². The fourth-order valence-corrected chi connectivity index (χ4v) is 1.22. The summed E-state index contributed by atoms with van der Waals surface area (Å²) >= 11 is 0. The highest BCUT2D eigenvalue weighted by molar-refractivity contribution is 6.83. The Morgan fingerprint density at radius 2 is 1.85 bits per heavy atom. The number of hydrogen-bond acceptors (Lipinski definition) is 1. The molecule has 0 unspecified atom stereocenters. The molecule has 0 aromatic heterocycles. The lowest BCUT2D eigenvalue weighted by Gasteiger charge is -2.15. The summed E-state index contributed by atoms with van der Waals surface area (Å²) in [6.45, 7) is 9.84. The van der Waals surface area contributed by atoms with Crippen molar-refractivity contribution in [1.29, 1.82) is 0 Å². The van der Waals surface area contributed by atoms with E-state index in [1.165, 1.54) is 0 Å². The van der Waals surface area contributed by atoms with Crippen molar-refractivity contribution in [3.05, 3.63) is 0 Å². The lowest BCUT2D eigenvalue weighted by atomic mass is 9.90. The van der Waals surface area contributed by atoms with E-state index in [9.17, 15) is 4.79 Å². The molecule has 0 fully saturated rings. The van der Waals surface area contributed by atoms with Crippen LogP contribution in [0.3, 0.4) is 0 Å². The molecule has 0 aliphatic heterocycles. The third-order valence-electron chi connectivity index (χ3n) is 1.57. The molecule has 0 saturated carbocycles. The highest BCUT2D eigenvalue weighted by atomic mass is 28.3. The molecule has 13 heavy (non-hydrogen) atoms. The Balaban J connectivity index is 4.30. The van der Waals surface area contributed by atoms with Gasteiger partial charge in [-0.05, 0) is 13.8 Å². The summed E-state index contributed by atoms with van der Waals surface area (Å²) in [5.41, 5.74) is 2.44. The summed E-state index contributed by atoms with van der Waals surface area (Å²) in [5.74, 6) is 2.20. The monoisotopic (exact) mass is 198 g/mol. The second-order valence-electron chi connectivity index (χ2n) is 4.92. The van der Waals surface area contributed by atoms with Crippen molar-refractivity contribution in [2.45, 2.75) is 39.9 Å². The van der Waals surface area contributed by atoms with Crippen LogP contribution in [0, 0.1) is 16.9 Å². The van der Waals surface area contributed by atoms with Gasteiger partial charge in [-0.1, -0.05) is 19.6 Å². The second kappa shape index (κ2) is 3.97. The quantitative estimate of drug-likeness (QED) is 0.546. The topological polar surface area (TPSA) is 37.3 Å². The van der Waals surface area contributed by atoms with Crippen molar-refractivity contribution >= 4 is 14.0 Å². The summed E-state index contributed by atoms with van der Waals surface area (Å²) in [4.78, 5) is 10.7. The molecule has 0 aromatic rings. The first-order chi connectivity index (χ1) is 5.65. The third-order valence-corrected chi connectivity index (χ3v) is 2.50. The normalized spacial score (nSPS) is 11.8. The minimum atomic E-state index is -1.35. The van der Waals surface area contributed by atoms with Gasteiger partial charge < -0.3 is 5.11 Å². The molecule has 0 heterocycles. The fourth-order valence-electron chi connectivity index (χ4n) is 0.606. The lowest BCUT2D eigenvalue weighted by Crippen LogP contribution is -2.23. The molecule has 0 atom stereocenters. The zero-order chi connectivity index (χ0) is 10.7. The molecule has 0 aliphatic rings. The number of carboxylic acid groups (broad SMARTS) is 1. The van der Waals surface area contributed by atoms with Crippen LogP contribution < -0.4 is 0 Å². The van der Waals surface area contributed by atoms with Gasteiger partial charge in [0.2, 0.25) is 0 Å². The SMILES string of the molecule is CC(C)(CC#C[Si](C)(C)C)C(=O)O. The number of carboxylic acids is 1. The number of carbonyl (C=O) groups is 1. The molecule has 3 heteroatoms. The summed E-state index contributed by atoms with van der Waals surface area (Å²) in [5, 5.41) is 8.81. The zero-order valence-electron chi connectivity index (χ0n) is 9.06. The van der Waals surface area contributed by atoms with Gasteiger partial charge in [-0.2, -0.15) is 0 Å². The van der Waals surface area contributed by atoms with Gasteiger partial charge in [-0.25, -0.2) is 0 Å². The van der Waals surface area contributed by atoms with E-state index in [2.05, 4.69) is 31.1 Å². The third kappa shape index (κ3) is 5.48. The van der Waals surface area contributed by atoms with Gasteiger partial charge in [0.25, 0.3) is 0 Å². The summed E-state index contributed by atoms with van der Waals surface area (Å²) < 4.78 is 0. The fraction of sp³-hybridized carbons (Fsp3) is 0.700. The van der Waals surface area contributed by atoms with E-state index in [1.807, 2.05) is 0 Å². The number of hydrogen-bond donors (Lipinski definition) is 1. The maximum atomic E-state index is 10.7. The number of aliphatic carboxylic acids is 1. The van der Waals surface area contributed by atoms with Crippen molar-refractivity contribution in [1.82, 2.24) is 0 Å². The average molecular weight is 198 g/mol. The second-order valence-corrected chi connectivity index (χ2v) is 9.67. The van der Waals surface area contributed by atoms with Gasteiger partial charge in [0.05, 0.1) is 5.41 Å². The van der Waals surface area contributed by atoms with Crippen molar-refractivity contribution in [2.75, 3.05) is 0 Å². The highest BCUT2D eigenvalue weighted by Gasteiger charge is 2.25. The van der Waals surface area contributed by atoms with Crippen LogP contribution >= 0.6 is 0 Å². The number of rotatable bonds is 2. The van der Waals surface area contributed by atoms with Crippen LogP contribution in [0.15, 0.2) is 0 Å². The Hall–Kier alpha value is -0.753. The predicted molar refractivity (Wildman–Crippen MR) is 57.2 cm³/mol. The Morgan fingerprint density at radius 1 is 1.38 bits per heavy atom. The van der Waals surface area contributed by atoms with Crippen molar-refractivity contribution in [3.8, 4) is 11.5 Å². The van der Waals surface area contributed by atoms with Gasteiger partial charge >= 0.3 is 5.97 Å². The Bertz CT molecular complexity index is 250. The maximum absolute atomic E-state index is 10.7. The van der Waals surface area contributed by atoms with Crippen LogP contribution in [-0.4, -0.2) is 19.1 Å². The standard InChI is InChI=1S/C10H18O2Si/c1-10(2,9(11)12)7-6-8-13(3,4)5/h7H2,1-5H3,(H,11,12). The van der Waals surface area contributed by atoms with E-state index < -0.39 is 19.5 Å². The van der Waals surface area contributed by atoms with Crippen LogP contribution in [0.4, 0.5) is 0 Å². The van der Waals surface area contributed by atoms with Crippen LogP contribution in [0.25, 0.3) is 0 Å². The van der Waals surface area contributed by atoms with Crippen molar-refractivity contribution in [3.63, 3.8) is 0 Å². The molecule has 0 spiro atoms. The first-order valence-corrected chi connectivity index (χ1v) is 7.88. The van der Waals surface area contributed by atoms with Gasteiger partial charge in [-0.15, -0.1) is 11.5 Å². The van der Waals surface area contributed by atoms with E-state index in [0.717, 1.165) is 0 Å². The van der Waals surface area contributed by atoms with E-state index >= 15 is 0 Å². The molecule has 0 aromatic carbocycles. The summed E-state index contributed by atoms with van der Waals surface area (Å²) in [7, 11) is -1.35. The van der Waals surface area contributed by atoms with Crippen LogP contribution in [0.5, 0.6) is 0 Å². The summed E-state index contributed by atoms with van der Waals surface area (Å²) in [6.07, 6.45) is 0.437. The molecule has 74 valence electrons. The van der Waals surface area contributed by atoms with Crippen molar-refractivity contribution in [2.24, 2.45) is 5.41 Å². The minimum absolute atomic E-state index is 0.437. The molecule has 0 aliphatic carbocycles. The van der Waals surface area contributed by atoms with Crippen LogP contribution in [0.1, 0.15) is 20.3 Å². The Morgan fingerprint density at radius 3 is 2.15 bits per heavy atom. The zero-order valence-corrected chi connectivity index (χ0v) is 10.1. The average Bonchev–Trinajstić information content (AvgIpc) is 1.82. The smallest absolute Gasteiger partial charge is 0.310 e. The molecule has 0 saturated heterocycles. The van der Waals surface area contributed by atoms with Crippen molar-refractivity contribution < 1.29 is 9.90 Å². The Labute approximate surface area is 81.4 Å².